The van der Waals surface area contributed by atoms with Gasteiger partial charge in [0.25, 0.3) is 0 Å². The molecular weight excluding hydrogens is 415 g/mol. The molecule has 3 aromatic carbocycles. The van der Waals surface area contributed by atoms with Crippen molar-refractivity contribution in [3.63, 3.8) is 0 Å². The molecule has 3 aromatic rings. The van der Waals surface area contributed by atoms with Crippen molar-refractivity contribution in [1.29, 1.82) is 5.26 Å². The van der Waals surface area contributed by atoms with Gasteiger partial charge in [0, 0.05) is 17.9 Å². The van der Waals surface area contributed by atoms with Crippen LogP contribution in [0.25, 0.3) is 0 Å². The van der Waals surface area contributed by atoms with E-state index in [1.165, 1.54) is 17.7 Å². The maximum absolute atomic E-state index is 13.1. The van der Waals surface area contributed by atoms with Gasteiger partial charge in [-0.15, -0.1) is 0 Å². The van der Waals surface area contributed by atoms with E-state index in [-0.39, 0.29) is 11.8 Å². The van der Waals surface area contributed by atoms with E-state index in [1.807, 2.05) is 36.4 Å². The Morgan fingerprint density at radius 1 is 1.00 bits per heavy atom. The van der Waals surface area contributed by atoms with Gasteiger partial charge in [0.1, 0.15) is 5.82 Å². The predicted octanol–water partition coefficient (Wildman–Crippen LogP) is 5.80. The van der Waals surface area contributed by atoms with Crippen LogP contribution in [0.4, 0.5) is 20.6 Å². The van der Waals surface area contributed by atoms with E-state index >= 15 is 0 Å². The van der Waals surface area contributed by atoms with E-state index in [1.54, 1.807) is 24.3 Å². The average molecular weight is 443 g/mol. The topological polar surface area (TPSA) is 68.2 Å². The lowest BCUT2D eigenvalue weighted by Crippen LogP contribution is -2.34. The fraction of sp³-hybridized carbons (Fsp3) is 0.259. The largest absolute Gasteiger partial charge is 0.323 e. The van der Waals surface area contributed by atoms with Gasteiger partial charge in [0.2, 0.25) is 0 Å². The average Bonchev–Trinajstić information content (AvgIpc) is 2.83. The van der Waals surface area contributed by atoms with Crippen LogP contribution in [0.2, 0.25) is 0 Å². The Hall–Kier alpha value is -3.69. The summed E-state index contributed by atoms with van der Waals surface area (Å²) in [6, 6.07) is 23.2. The fourth-order valence-electron chi connectivity index (χ4n) is 4.27. The molecular formula is C27H27FN4O. The smallest absolute Gasteiger partial charge is 0.308 e. The molecule has 0 aliphatic carbocycles. The second kappa shape index (κ2) is 10.8. The number of hydrogen-bond donors (Lipinski definition) is 2. The van der Waals surface area contributed by atoms with Gasteiger partial charge >= 0.3 is 6.03 Å². The third-order valence-corrected chi connectivity index (χ3v) is 6.05. The molecule has 6 heteroatoms. The van der Waals surface area contributed by atoms with Gasteiger partial charge in [0.05, 0.1) is 11.6 Å². The molecule has 0 spiro atoms. The Balaban J connectivity index is 1.31. The second-order valence-corrected chi connectivity index (χ2v) is 8.48. The van der Waals surface area contributed by atoms with Crippen LogP contribution in [0.3, 0.4) is 0 Å². The van der Waals surface area contributed by atoms with Crippen molar-refractivity contribution in [2.24, 2.45) is 5.92 Å². The molecule has 168 valence electrons. The zero-order valence-corrected chi connectivity index (χ0v) is 18.4. The number of urea groups is 1. The van der Waals surface area contributed by atoms with E-state index in [4.69, 9.17) is 5.26 Å². The van der Waals surface area contributed by atoms with Crippen molar-refractivity contribution >= 4 is 17.4 Å². The number of amides is 2. The molecule has 1 saturated heterocycles. The van der Waals surface area contributed by atoms with Crippen LogP contribution < -0.4 is 10.6 Å². The Morgan fingerprint density at radius 3 is 2.52 bits per heavy atom. The number of likely N-dealkylation sites (tertiary alicyclic amines) is 1. The summed E-state index contributed by atoms with van der Waals surface area (Å²) in [7, 11) is 0. The molecule has 0 saturated carbocycles. The number of halogens is 1. The standard InChI is InChI=1S/C27H27FN4O/c28-24-10-8-20(9-11-24)16-21-12-14-32(15-13-21)19-23-5-1-2-7-26(23)31-27(33)30-25-6-3-4-22(17-25)18-29/h1-11,17,21H,12-16,19H2,(H2,30,31,33). The van der Waals surface area contributed by atoms with E-state index in [9.17, 15) is 9.18 Å². The lowest BCUT2D eigenvalue weighted by Gasteiger charge is -2.32. The first-order valence-corrected chi connectivity index (χ1v) is 11.2. The first kappa shape index (κ1) is 22.5. The number of nitrogens with zero attached hydrogens (tertiary/aromatic N) is 2. The van der Waals surface area contributed by atoms with Crippen molar-refractivity contribution in [1.82, 2.24) is 4.90 Å². The van der Waals surface area contributed by atoms with Crippen LogP contribution in [0.15, 0.2) is 72.8 Å². The quantitative estimate of drug-likeness (QED) is 0.507. The Bertz CT molecular complexity index is 1130. The molecule has 1 aliphatic heterocycles. The van der Waals surface area contributed by atoms with Gasteiger partial charge in [-0.25, -0.2) is 9.18 Å². The summed E-state index contributed by atoms with van der Waals surface area (Å²) < 4.78 is 13.1. The molecule has 5 nitrogen and oxygen atoms in total. The number of piperidine rings is 1. The highest BCUT2D eigenvalue weighted by molar-refractivity contribution is 6.00. The van der Waals surface area contributed by atoms with E-state index in [0.29, 0.717) is 17.2 Å². The molecule has 0 aromatic heterocycles. The van der Waals surface area contributed by atoms with Crippen molar-refractivity contribution < 1.29 is 9.18 Å². The lowest BCUT2D eigenvalue weighted by molar-refractivity contribution is 0.177. The maximum atomic E-state index is 13.1. The van der Waals surface area contributed by atoms with Crippen molar-refractivity contribution in [2.45, 2.75) is 25.8 Å². The van der Waals surface area contributed by atoms with Crippen LogP contribution >= 0.6 is 0 Å². The minimum absolute atomic E-state index is 0.190. The molecule has 4 rings (SSSR count). The van der Waals surface area contributed by atoms with Crippen molar-refractivity contribution in [2.75, 3.05) is 23.7 Å². The van der Waals surface area contributed by atoms with Gasteiger partial charge in [-0.1, -0.05) is 36.4 Å². The summed E-state index contributed by atoms with van der Waals surface area (Å²) in [6.45, 7) is 2.75. The molecule has 1 heterocycles. The second-order valence-electron chi connectivity index (χ2n) is 8.48. The summed E-state index contributed by atoms with van der Waals surface area (Å²) in [5, 5.41) is 14.8. The molecule has 33 heavy (non-hydrogen) atoms. The number of benzene rings is 3. The van der Waals surface area contributed by atoms with Crippen molar-refractivity contribution in [3.8, 4) is 6.07 Å². The van der Waals surface area contributed by atoms with E-state index < -0.39 is 0 Å². The van der Waals surface area contributed by atoms with Gasteiger partial charge in [0.15, 0.2) is 0 Å². The zero-order chi connectivity index (χ0) is 23.0. The lowest BCUT2D eigenvalue weighted by atomic mass is 9.90. The summed E-state index contributed by atoms with van der Waals surface area (Å²) in [5.41, 5.74) is 4.11. The van der Waals surface area contributed by atoms with Gasteiger partial charge in [-0.3, -0.25) is 4.90 Å². The molecule has 0 radical (unpaired) electrons. The van der Waals surface area contributed by atoms with Gasteiger partial charge < -0.3 is 10.6 Å². The van der Waals surface area contributed by atoms with Crippen LogP contribution in [0.1, 0.15) is 29.5 Å². The molecule has 1 aliphatic rings. The molecule has 0 atom stereocenters. The normalized spacial score (nSPS) is 14.4. The number of rotatable bonds is 6. The van der Waals surface area contributed by atoms with Crippen LogP contribution in [-0.2, 0) is 13.0 Å². The summed E-state index contributed by atoms with van der Waals surface area (Å²) in [5.74, 6) is 0.417. The number of anilines is 2. The first-order valence-electron chi connectivity index (χ1n) is 11.2. The van der Waals surface area contributed by atoms with Crippen LogP contribution in [0.5, 0.6) is 0 Å². The van der Waals surface area contributed by atoms with Gasteiger partial charge in [-0.05, 0) is 85.8 Å². The third kappa shape index (κ3) is 6.41. The number of para-hydroxylation sites is 1. The minimum atomic E-state index is -0.337. The minimum Gasteiger partial charge on any atom is -0.308 e. The first-order chi connectivity index (χ1) is 16.1. The Morgan fingerprint density at radius 2 is 1.76 bits per heavy atom. The molecule has 0 unspecified atom stereocenters. The highest BCUT2D eigenvalue weighted by atomic mass is 19.1. The summed E-state index contributed by atoms with van der Waals surface area (Å²) >= 11 is 0. The summed E-state index contributed by atoms with van der Waals surface area (Å²) in [4.78, 5) is 14.9. The Kier molecular flexibility index (Phi) is 7.33. The highest BCUT2D eigenvalue weighted by Crippen LogP contribution is 2.25. The summed E-state index contributed by atoms with van der Waals surface area (Å²) in [6.07, 6.45) is 3.19. The number of carbonyl (C=O) groups is 1. The van der Waals surface area contributed by atoms with E-state index in [2.05, 4.69) is 21.6 Å². The van der Waals surface area contributed by atoms with Crippen LogP contribution in [0, 0.1) is 23.1 Å². The van der Waals surface area contributed by atoms with E-state index in [0.717, 1.165) is 50.1 Å². The number of nitrogens with one attached hydrogen (secondary N) is 2. The number of hydrogen-bond acceptors (Lipinski definition) is 3. The third-order valence-electron chi connectivity index (χ3n) is 6.05. The SMILES string of the molecule is N#Cc1cccc(NC(=O)Nc2ccccc2CN2CCC(Cc3ccc(F)cc3)CC2)c1. The molecule has 2 N–H and O–H groups in total. The number of carbonyl (C=O) groups excluding carboxylic acids is 1. The predicted molar refractivity (Wildman–Crippen MR) is 128 cm³/mol. The fourth-order valence-corrected chi connectivity index (χ4v) is 4.27. The van der Waals surface area contributed by atoms with Crippen LogP contribution in [-0.4, -0.2) is 24.0 Å². The zero-order valence-electron chi connectivity index (χ0n) is 18.4. The Labute approximate surface area is 193 Å². The number of nitriles is 1. The molecule has 1 fully saturated rings. The maximum Gasteiger partial charge on any atom is 0.323 e. The highest BCUT2D eigenvalue weighted by Gasteiger charge is 2.20. The molecule has 0 bridgehead atoms. The van der Waals surface area contributed by atoms with Gasteiger partial charge in [-0.2, -0.15) is 5.26 Å². The van der Waals surface area contributed by atoms with Crippen molar-refractivity contribution in [3.05, 3.63) is 95.3 Å². The monoisotopic (exact) mass is 442 g/mol. The molecule has 2 amide bonds.